The van der Waals surface area contributed by atoms with E-state index in [9.17, 15) is 10.1 Å². The van der Waals surface area contributed by atoms with Crippen LogP contribution in [0.3, 0.4) is 0 Å². The Morgan fingerprint density at radius 2 is 1.96 bits per heavy atom. The van der Waals surface area contributed by atoms with Crippen LogP contribution < -0.4 is 15.4 Å². The molecule has 8 heteroatoms. The zero-order valence-corrected chi connectivity index (χ0v) is 17.9. The molecule has 0 atom stereocenters. The number of anilines is 1. The van der Waals surface area contributed by atoms with Crippen LogP contribution in [0.5, 0.6) is 5.88 Å². The van der Waals surface area contributed by atoms with Gasteiger partial charge >= 0.3 is 6.09 Å². The number of nitriles is 1. The van der Waals surface area contributed by atoms with Gasteiger partial charge in [-0.2, -0.15) is 10.2 Å². The molecule has 0 radical (unpaired) electrons. The number of nitrogens with zero attached hydrogens (tertiary/aromatic N) is 2. The fraction of sp³-hybridized carbons (Fsp3) is 0.632. The smallest absolute Gasteiger partial charge is 0.407 e. The summed E-state index contributed by atoms with van der Waals surface area (Å²) in [4.78, 5) is 16.3. The van der Waals surface area contributed by atoms with Crippen molar-refractivity contribution in [2.24, 2.45) is 0 Å². The van der Waals surface area contributed by atoms with Crippen LogP contribution in [0.4, 0.5) is 10.6 Å². The number of alkyl carbamates (subject to hydrolysis) is 1. The molecular weight excluding hydrogens is 412 g/mol. The number of amides is 1. The minimum Gasteiger partial charge on any atom is -0.477 e. The number of halogens is 1. The molecular formula is C19H27BrN4O3. The fourth-order valence-corrected chi connectivity index (χ4v) is 3.38. The van der Waals surface area contributed by atoms with E-state index in [1.54, 1.807) is 6.07 Å². The van der Waals surface area contributed by atoms with Crippen LogP contribution in [-0.4, -0.2) is 35.4 Å². The Morgan fingerprint density at radius 3 is 2.52 bits per heavy atom. The molecule has 1 aliphatic carbocycles. The number of pyridine rings is 1. The van der Waals surface area contributed by atoms with Gasteiger partial charge in [-0.1, -0.05) is 0 Å². The first-order valence-corrected chi connectivity index (χ1v) is 10.0. The number of carbonyl (C=O) groups is 1. The van der Waals surface area contributed by atoms with Crippen LogP contribution in [0.15, 0.2) is 10.5 Å². The molecule has 1 aromatic rings. The summed E-state index contributed by atoms with van der Waals surface area (Å²) in [6.45, 7) is 7.87. The molecule has 148 valence electrons. The molecule has 1 aliphatic rings. The average molecular weight is 439 g/mol. The zero-order chi connectivity index (χ0) is 20.0. The van der Waals surface area contributed by atoms with Gasteiger partial charge in [-0.3, -0.25) is 0 Å². The maximum atomic E-state index is 11.9. The van der Waals surface area contributed by atoms with Crippen molar-refractivity contribution in [2.45, 2.75) is 71.1 Å². The van der Waals surface area contributed by atoms with Crippen LogP contribution >= 0.6 is 15.9 Å². The maximum absolute atomic E-state index is 11.9. The summed E-state index contributed by atoms with van der Waals surface area (Å²) in [5, 5.41) is 15.6. The van der Waals surface area contributed by atoms with E-state index >= 15 is 0 Å². The van der Waals surface area contributed by atoms with Crippen molar-refractivity contribution in [2.75, 3.05) is 11.9 Å². The zero-order valence-electron chi connectivity index (χ0n) is 16.3. The molecule has 1 amide bonds. The monoisotopic (exact) mass is 438 g/mol. The number of hydrogen-bond acceptors (Lipinski definition) is 6. The summed E-state index contributed by atoms with van der Waals surface area (Å²) in [6.07, 6.45) is 3.17. The van der Waals surface area contributed by atoms with Gasteiger partial charge in [0, 0.05) is 12.1 Å². The van der Waals surface area contributed by atoms with Crippen molar-refractivity contribution in [1.29, 1.82) is 5.26 Å². The maximum Gasteiger partial charge on any atom is 0.407 e. The molecule has 0 saturated heterocycles. The quantitative estimate of drug-likeness (QED) is 0.708. The molecule has 1 saturated carbocycles. The third kappa shape index (κ3) is 6.58. The van der Waals surface area contributed by atoms with Gasteiger partial charge in [-0.25, -0.2) is 4.79 Å². The number of aromatic nitrogens is 1. The van der Waals surface area contributed by atoms with Gasteiger partial charge in [-0.05, 0) is 75.4 Å². The Kier molecular flexibility index (Phi) is 7.31. The highest BCUT2D eigenvalue weighted by Gasteiger charge is 2.25. The van der Waals surface area contributed by atoms with Crippen molar-refractivity contribution >= 4 is 27.8 Å². The second-order valence-corrected chi connectivity index (χ2v) is 8.41. The van der Waals surface area contributed by atoms with Crippen molar-refractivity contribution < 1.29 is 14.3 Å². The first-order valence-electron chi connectivity index (χ1n) is 9.21. The number of ether oxygens (including phenoxy) is 2. The van der Waals surface area contributed by atoms with E-state index in [1.165, 1.54) is 0 Å². The fourth-order valence-electron chi connectivity index (χ4n) is 2.95. The minimum atomic E-state index is -0.491. The lowest BCUT2D eigenvalue weighted by molar-refractivity contribution is 0.0492. The van der Waals surface area contributed by atoms with Gasteiger partial charge in [0.25, 0.3) is 0 Å². The highest BCUT2D eigenvalue weighted by atomic mass is 79.9. The van der Waals surface area contributed by atoms with Gasteiger partial charge in [-0.15, -0.1) is 0 Å². The van der Waals surface area contributed by atoms with Gasteiger partial charge in [0.1, 0.15) is 23.1 Å². The molecule has 0 spiro atoms. The molecule has 2 N–H and O–H groups in total. The Hall–Kier alpha value is -2.01. The summed E-state index contributed by atoms with van der Waals surface area (Å²) in [7, 11) is 0. The normalized spacial score (nSPS) is 19.7. The Labute approximate surface area is 169 Å². The van der Waals surface area contributed by atoms with Crippen LogP contribution in [0, 0.1) is 11.3 Å². The first kappa shape index (κ1) is 21.3. The van der Waals surface area contributed by atoms with Crippen molar-refractivity contribution in [3.63, 3.8) is 0 Å². The Morgan fingerprint density at radius 1 is 1.33 bits per heavy atom. The second-order valence-electron chi connectivity index (χ2n) is 7.56. The van der Waals surface area contributed by atoms with E-state index in [0.717, 1.165) is 30.2 Å². The predicted octanol–water partition coefficient (Wildman–Crippen LogP) is 4.36. The van der Waals surface area contributed by atoms with Crippen LogP contribution in [0.25, 0.3) is 0 Å². The van der Waals surface area contributed by atoms with E-state index in [-0.39, 0.29) is 18.2 Å². The summed E-state index contributed by atoms with van der Waals surface area (Å²) in [6, 6.07) is 4.18. The third-order valence-electron chi connectivity index (χ3n) is 4.13. The van der Waals surface area contributed by atoms with Gasteiger partial charge < -0.3 is 20.1 Å². The van der Waals surface area contributed by atoms with Crippen molar-refractivity contribution in [3.05, 3.63) is 16.1 Å². The van der Waals surface area contributed by atoms with E-state index in [2.05, 4.69) is 37.6 Å². The van der Waals surface area contributed by atoms with Crippen LogP contribution in [0.2, 0.25) is 0 Å². The first-order chi connectivity index (χ1) is 12.7. The lowest BCUT2D eigenvalue weighted by atomic mass is 9.91. The largest absolute Gasteiger partial charge is 0.477 e. The predicted molar refractivity (Wildman–Crippen MR) is 107 cm³/mol. The highest BCUT2D eigenvalue weighted by molar-refractivity contribution is 9.10. The molecule has 0 aromatic carbocycles. The second kappa shape index (κ2) is 9.27. The minimum absolute atomic E-state index is 0.120. The summed E-state index contributed by atoms with van der Waals surface area (Å²) in [5.74, 6) is 1.01. The lowest BCUT2D eigenvalue weighted by Crippen LogP contribution is -2.42. The molecule has 1 fully saturated rings. The molecule has 1 aromatic heterocycles. The lowest BCUT2D eigenvalue weighted by Gasteiger charge is -2.31. The molecule has 0 unspecified atom stereocenters. The topological polar surface area (TPSA) is 96.3 Å². The molecule has 0 aliphatic heterocycles. The molecule has 0 bridgehead atoms. The molecule has 2 rings (SSSR count). The summed E-state index contributed by atoms with van der Waals surface area (Å²) < 4.78 is 11.5. The summed E-state index contributed by atoms with van der Waals surface area (Å²) >= 11 is 3.47. The third-order valence-corrected chi connectivity index (χ3v) is 4.74. The number of nitrogens with one attached hydrogen (secondary N) is 2. The number of rotatable bonds is 5. The highest BCUT2D eigenvalue weighted by Crippen LogP contribution is 2.30. The van der Waals surface area contributed by atoms with Crippen molar-refractivity contribution in [3.8, 4) is 11.9 Å². The molecule has 7 nitrogen and oxygen atoms in total. The Bertz CT molecular complexity index is 704. The number of carbonyl (C=O) groups excluding carboxylic acids is 1. The average Bonchev–Trinajstić information content (AvgIpc) is 2.57. The molecule has 1 heterocycles. The van der Waals surface area contributed by atoms with Crippen LogP contribution in [0.1, 0.15) is 58.9 Å². The van der Waals surface area contributed by atoms with Gasteiger partial charge in [0.05, 0.1) is 11.1 Å². The van der Waals surface area contributed by atoms with Crippen molar-refractivity contribution in [1.82, 2.24) is 10.3 Å². The van der Waals surface area contributed by atoms with Crippen LogP contribution in [-0.2, 0) is 4.74 Å². The van der Waals surface area contributed by atoms with E-state index < -0.39 is 5.60 Å². The Balaban J connectivity index is 1.91. The number of hydrogen-bond donors (Lipinski definition) is 2. The molecule has 27 heavy (non-hydrogen) atoms. The van der Waals surface area contributed by atoms with Gasteiger partial charge in [0.15, 0.2) is 0 Å². The van der Waals surface area contributed by atoms with Gasteiger partial charge in [0.2, 0.25) is 5.88 Å². The van der Waals surface area contributed by atoms with E-state index in [1.807, 2.05) is 27.7 Å². The van der Waals surface area contributed by atoms with E-state index in [4.69, 9.17) is 9.47 Å². The standard InChI is InChI=1S/C19H27BrN4O3/c1-5-26-17-12(11-21)10-15(20)16(24-17)22-13-6-8-14(9-7-13)23-18(25)27-19(2,3)4/h10,13-14H,5-9H2,1-4H3,(H,22,24)(H,23,25). The SMILES string of the molecule is CCOc1nc(NC2CCC(NC(=O)OC(C)(C)C)CC2)c(Br)cc1C#N. The summed E-state index contributed by atoms with van der Waals surface area (Å²) in [5.41, 5.74) is -0.0891. The van der Waals surface area contributed by atoms with E-state index in [0.29, 0.717) is 23.9 Å².